The van der Waals surface area contributed by atoms with Crippen LogP contribution in [0.4, 0.5) is 21.0 Å². The number of ether oxygens (including phenoxy) is 6. The number of pyridine rings is 2. The van der Waals surface area contributed by atoms with Crippen LogP contribution < -0.4 is 35.1 Å². The lowest BCUT2D eigenvalue weighted by Gasteiger charge is -2.36. The molecule has 19 heteroatoms. The molecular weight excluding hydrogens is 1120 g/mol. The van der Waals surface area contributed by atoms with E-state index in [0.717, 1.165) is 108 Å². The third kappa shape index (κ3) is 17.4. The van der Waals surface area contributed by atoms with Crippen LogP contribution in [0, 0.1) is 0 Å². The Kier molecular flexibility index (Phi) is 23.1. The van der Waals surface area contributed by atoms with Crippen LogP contribution in [0.5, 0.6) is 17.2 Å². The van der Waals surface area contributed by atoms with Gasteiger partial charge in [-0.3, -0.25) is 28.5 Å². The summed E-state index contributed by atoms with van der Waals surface area (Å²) in [7, 11) is 0. The number of aliphatic hydroxyl groups excluding tert-OH is 1. The molecule has 9 aromatic rings. The molecule has 17 nitrogen and oxygen atoms in total. The van der Waals surface area contributed by atoms with Crippen LogP contribution in [0.15, 0.2) is 160 Å². The lowest BCUT2D eigenvalue weighted by Crippen LogP contribution is -2.46. The SMILES string of the molecule is CCCO.CCCOC(=O)OCn1c(=O)ccc2ccc(OCCCCN3CCN(c4cccc5sccc45)CC3)cc21.O=C(OCn1c(=O)ccc2ccc(OCCCCN3CCN(c4cccc5sccc45)CC3)cc21)Oc1ccccc1. The topological polar surface area (TPSA) is 167 Å². The smallest absolute Gasteiger partial charge is 0.494 e. The fourth-order valence-corrected chi connectivity index (χ4v) is 11.9. The molecular formula is C66H76N6O11S2. The van der Waals surface area contributed by atoms with E-state index in [-0.39, 0.29) is 31.2 Å². The van der Waals surface area contributed by atoms with Crippen LogP contribution in [-0.4, -0.2) is 128 Å². The van der Waals surface area contributed by atoms with Crippen LogP contribution >= 0.6 is 22.7 Å². The molecule has 2 aliphatic heterocycles. The van der Waals surface area contributed by atoms with Crippen molar-refractivity contribution in [2.75, 3.05) is 102 Å². The van der Waals surface area contributed by atoms with E-state index in [1.165, 1.54) is 52.8 Å². The maximum Gasteiger partial charge on any atom is 0.515 e. The van der Waals surface area contributed by atoms with Crippen molar-refractivity contribution in [3.63, 3.8) is 0 Å². The van der Waals surface area contributed by atoms with Crippen molar-refractivity contribution in [3.8, 4) is 17.2 Å². The van der Waals surface area contributed by atoms with E-state index in [4.69, 9.17) is 33.5 Å². The molecule has 11 rings (SSSR count). The molecule has 0 amide bonds. The van der Waals surface area contributed by atoms with E-state index in [9.17, 15) is 19.2 Å². The fourth-order valence-electron chi connectivity index (χ4n) is 10.2. The molecule has 0 bridgehead atoms. The largest absolute Gasteiger partial charge is 0.515 e. The van der Waals surface area contributed by atoms with Crippen molar-refractivity contribution in [3.05, 3.63) is 171 Å². The molecule has 448 valence electrons. The molecule has 0 atom stereocenters. The second-order valence-electron chi connectivity index (χ2n) is 20.7. The minimum Gasteiger partial charge on any atom is -0.494 e. The van der Waals surface area contributed by atoms with Gasteiger partial charge in [0, 0.05) is 115 Å². The van der Waals surface area contributed by atoms with E-state index in [0.29, 0.717) is 54.5 Å². The standard InChI is InChI=1S/C33H33N3O5S.C30H35N3O5S.C3H8O/c37-32-14-12-25-11-13-27(23-30(25)36(32)24-40-33(38)41-26-7-2-1-3-8-26)39-21-5-4-16-34-17-19-35(20-18-34)29-9-6-10-31-28(29)15-22-42-31;1-2-18-37-30(35)38-22-33-27-21-24(10-8-23(27)9-11-29(33)34)36-19-4-3-13-31-14-16-32(17-15-31)26-6-5-7-28-25(26)12-20-39-28;1-2-3-4/h1-3,6-15,22-23H,4-5,16-21,24H2;5-12,20-21H,2-4,13-19,22H2,1H3;4H,2-3H2,1H3. The lowest BCUT2D eigenvalue weighted by atomic mass is 10.2. The summed E-state index contributed by atoms with van der Waals surface area (Å²) in [5.41, 5.74) is 3.45. The molecule has 2 saturated heterocycles. The molecule has 0 radical (unpaired) electrons. The number of hydrogen-bond donors (Lipinski definition) is 1. The average Bonchev–Trinajstić information content (AvgIpc) is 4.44. The van der Waals surface area contributed by atoms with Gasteiger partial charge in [0.05, 0.1) is 30.9 Å². The van der Waals surface area contributed by atoms with Gasteiger partial charge in [-0.05, 0) is 158 Å². The second-order valence-corrected chi connectivity index (χ2v) is 22.6. The van der Waals surface area contributed by atoms with Crippen molar-refractivity contribution >= 4 is 88.3 Å². The molecule has 2 fully saturated rings. The average molecular weight is 1190 g/mol. The Bertz CT molecular complexity index is 3680. The summed E-state index contributed by atoms with van der Waals surface area (Å²) in [5, 5.41) is 16.6. The number of rotatable bonds is 22. The number of unbranched alkanes of at least 4 members (excludes halogenated alkanes) is 2. The van der Waals surface area contributed by atoms with E-state index in [1.807, 2.05) is 56.3 Å². The molecule has 4 aromatic heterocycles. The van der Waals surface area contributed by atoms with Crippen molar-refractivity contribution < 1.29 is 43.1 Å². The molecule has 0 aliphatic carbocycles. The number of aliphatic hydroxyl groups is 1. The highest BCUT2D eigenvalue weighted by Gasteiger charge is 2.21. The summed E-state index contributed by atoms with van der Waals surface area (Å²) < 4.78 is 38.0. The number of hydrogen-bond acceptors (Lipinski definition) is 17. The van der Waals surface area contributed by atoms with Crippen molar-refractivity contribution in [2.45, 2.75) is 65.8 Å². The Labute approximate surface area is 503 Å². The van der Waals surface area contributed by atoms with Crippen LogP contribution in [0.2, 0.25) is 0 Å². The Morgan fingerprint density at radius 1 is 0.482 bits per heavy atom. The van der Waals surface area contributed by atoms with Gasteiger partial charge in [0.2, 0.25) is 0 Å². The highest BCUT2D eigenvalue weighted by molar-refractivity contribution is 7.17. The van der Waals surface area contributed by atoms with Crippen molar-refractivity contribution in [2.24, 2.45) is 0 Å². The van der Waals surface area contributed by atoms with Gasteiger partial charge in [0.15, 0.2) is 13.5 Å². The molecule has 5 aromatic carbocycles. The zero-order valence-electron chi connectivity index (χ0n) is 48.5. The van der Waals surface area contributed by atoms with Gasteiger partial charge in [-0.1, -0.05) is 44.2 Å². The number of nitrogens with zero attached hydrogens (tertiary/aromatic N) is 6. The number of aromatic nitrogens is 2. The second kappa shape index (κ2) is 31.8. The zero-order valence-corrected chi connectivity index (χ0v) is 50.2. The number of piperazine rings is 2. The fraction of sp³-hybridized carbons (Fsp3) is 0.364. The van der Waals surface area contributed by atoms with Crippen LogP contribution in [0.1, 0.15) is 52.4 Å². The first-order chi connectivity index (χ1) is 41.7. The minimum absolute atomic E-state index is 0.210. The van der Waals surface area contributed by atoms with Crippen LogP contribution in [0.3, 0.4) is 0 Å². The maximum atomic E-state index is 12.6. The minimum atomic E-state index is -0.876. The summed E-state index contributed by atoms with van der Waals surface area (Å²) in [5.74, 6) is 1.73. The van der Waals surface area contributed by atoms with Gasteiger partial charge in [0.25, 0.3) is 11.1 Å². The summed E-state index contributed by atoms with van der Waals surface area (Å²) in [6.07, 6.45) is 3.91. The highest BCUT2D eigenvalue weighted by atomic mass is 32.1. The maximum absolute atomic E-state index is 12.6. The molecule has 0 spiro atoms. The number of thiophene rings is 2. The Morgan fingerprint density at radius 3 is 1.42 bits per heavy atom. The van der Waals surface area contributed by atoms with Crippen LogP contribution in [-0.2, 0) is 27.7 Å². The number of carbonyl (C=O) groups excluding carboxylic acids is 2. The predicted octanol–water partition coefficient (Wildman–Crippen LogP) is 12.5. The first-order valence-electron chi connectivity index (χ1n) is 29.4. The van der Waals surface area contributed by atoms with Gasteiger partial charge in [-0.25, -0.2) is 9.59 Å². The van der Waals surface area contributed by atoms with Crippen molar-refractivity contribution in [1.29, 1.82) is 0 Å². The molecule has 85 heavy (non-hydrogen) atoms. The first kappa shape index (κ1) is 61.6. The van der Waals surface area contributed by atoms with E-state index >= 15 is 0 Å². The molecule has 1 N–H and O–H groups in total. The first-order valence-corrected chi connectivity index (χ1v) is 31.1. The normalized spacial score (nSPS) is 13.7. The van der Waals surface area contributed by atoms with E-state index in [1.54, 1.807) is 59.1 Å². The molecule has 0 unspecified atom stereocenters. The monoisotopic (exact) mass is 1190 g/mol. The van der Waals surface area contributed by atoms with E-state index in [2.05, 4.69) is 78.9 Å². The number of anilines is 2. The Morgan fingerprint density at radius 2 is 0.953 bits per heavy atom. The third-order valence-electron chi connectivity index (χ3n) is 14.8. The van der Waals surface area contributed by atoms with Crippen LogP contribution in [0.25, 0.3) is 42.0 Å². The molecule has 2 aliphatic rings. The Hall–Kier alpha value is -7.94. The van der Waals surface area contributed by atoms with Gasteiger partial charge in [0.1, 0.15) is 17.2 Å². The predicted molar refractivity (Wildman–Crippen MR) is 340 cm³/mol. The summed E-state index contributed by atoms with van der Waals surface area (Å²) in [6, 6.07) is 44.0. The van der Waals surface area contributed by atoms with Gasteiger partial charge in [-0.15, -0.1) is 22.7 Å². The molecule has 0 saturated carbocycles. The van der Waals surface area contributed by atoms with Gasteiger partial charge in [-0.2, -0.15) is 0 Å². The van der Waals surface area contributed by atoms with Gasteiger partial charge >= 0.3 is 12.3 Å². The Balaban J connectivity index is 0.000000192. The molecule has 6 heterocycles. The summed E-state index contributed by atoms with van der Waals surface area (Å²) in [6.45, 7) is 15.7. The number of fused-ring (bicyclic) bond motifs is 4. The third-order valence-corrected chi connectivity index (χ3v) is 16.6. The van der Waals surface area contributed by atoms with Crippen molar-refractivity contribution in [1.82, 2.24) is 18.9 Å². The zero-order chi connectivity index (χ0) is 59.2. The summed E-state index contributed by atoms with van der Waals surface area (Å²) in [4.78, 5) is 59.0. The summed E-state index contributed by atoms with van der Waals surface area (Å²) >= 11 is 3.60. The van der Waals surface area contributed by atoms with Gasteiger partial charge < -0.3 is 43.3 Å². The highest BCUT2D eigenvalue weighted by Crippen LogP contribution is 2.33. The number of benzene rings is 5. The van der Waals surface area contributed by atoms with E-state index < -0.39 is 12.3 Å². The number of carbonyl (C=O) groups is 2. The lowest BCUT2D eigenvalue weighted by molar-refractivity contribution is 0.0341. The number of para-hydroxylation sites is 1. The quantitative estimate of drug-likeness (QED) is 0.0386.